The summed E-state index contributed by atoms with van der Waals surface area (Å²) >= 11 is 12.2. The van der Waals surface area contributed by atoms with Gasteiger partial charge in [0.25, 0.3) is 0 Å². The molecule has 2 aromatic rings. The molecule has 0 saturated carbocycles. The summed E-state index contributed by atoms with van der Waals surface area (Å²) in [4.78, 5) is 12.7. The summed E-state index contributed by atoms with van der Waals surface area (Å²) in [5.74, 6) is -0.380. The van der Waals surface area contributed by atoms with Gasteiger partial charge in [0, 0.05) is 11.6 Å². The lowest BCUT2D eigenvalue weighted by Gasteiger charge is -2.30. The Hall–Kier alpha value is -1.76. The zero-order valence-electron chi connectivity index (χ0n) is 15.2. The summed E-state index contributed by atoms with van der Waals surface area (Å²) in [5.41, 5.74) is 1.28. The van der Waals surface area contributed by atoms with Gasteiger partial charge in [-0.1, -0.05) is 60.5 Å². The summed E-state index contributed by atoms with van der Waals surface area (Å²) in [7, 11) is -3.76. The zero-order chi connectivity index (χ0) is 20.0. The predicted octanol–water partition coefficient (Wildman–Crippen LogP) is 3.90. The van der Waals surface area contributed by atoms with Gasteiger partial charge in [0.05, 0.1) is 17.0 Å². The van der Waals surface area contributed by atoms with Crippen molar-refractivity contribution in [3.8, 4) is 0 Å². The molecule has 0 heterocycles. The molecule has 0 fully saturated rings. The summed E-state index contributed by atoms with van der Waals surface area (Å²) in [6.45, 7) is 2.15. The fourth-order valence-electron chi connectivity index (χ4n) is 2.78. The molecule has 0 bridgehead atoms. The molecule has 0 aromatic heterocycles. The van der Waals surface area contributed by atoms with E-state index in [9.17, 15) is 13.2 Å². The van der Waals surface area contributed by atoms with Gasteiger partial charge in [-0.15, -0.1) is 0 Å². The second-order valence-electron chi connectivity index (χ2n) is 6.11. The number of carbonyl (C=O) groups excluding carboxylic acids is 1. The lowest BCUT2D eigenvalue weighted by Crippen LogP contribution is -2.49. The molecule has 0 aliphatic heterocycles. The maximum Gasteiger partial charge on any atom is 0.243 e. The SMILES string of the molecule is CCC(C(=O)NCCc1ccccc1)N(c1cc(Cl)ccc1Cl)S(C)(=O)=O. The van der Waals surface area contributed by atoms with Crippen molar-refractivity contribution in [2.45, 2.75) is 25.8 Å². The van der Waals surface area contributed by atoms with Gasteiger partial charge in [0.2, 0.25) is 15.9 Å². The number of nitrogens with one attached hydrogen (secondary N) is 1. The third kappa shape index (κ3) is 5.86. The maximum atomic E-state index is 12.7. The van der Waals surface area contributed by atoms with Crippen LogP contribution in [0.5, 0.6) is 0 Å². The minimum absolute atomic E-state index is 0.191. The fourth-order valence-corrected chi connectivity index (χ4v) is 4.42. The van der Waals surface area contributed by atoms with E-state index in [0.29, 0.717) is 18.0 Å². The number of amides is 1. The number of sulfonamides is 1. The highest BCUT2D eigenvalue weighted by molar-refractivity contribution is 7.92. The first-order valence-electron chi connectivity index (χ1n) is 8.50. The van der Waals surface area contributed by atoms with E-state index in [4.69, 9.17) is 23.2 Å². The predicted molar refractivity (Wildman–Crippen MR) is 111 cm³/mol. The van der Waals surface area contributed by atoms with Crippen LogP contribution in [0, 0.1) is 0 Å². The van der Waals surface area contributed by atoms with Crippen LogP contribution in [-0.4, -0.2) is 33.2 Å². The van der Waals surface area contributed by atoms with Gasteiger partial charge in [-0.05, 0) is 36.6 Å². The van der Waals surface area contributed by atoms with Crippen LogP contribution in [-0.2, 0) is 21.2 Å². The highest BCUT2D eigenvalue weighted by atomic mass is 35.5. The number of benzene rings is 2. The van der Waals surface area contributed by atoms with E-state index >= 15 is 0 Å². The first-order valence-corrected chi connectivity index (χ1v) is 11.1. The molecule has 1 unspecified atom stereocenters. The van der Waals surface area contributed by atoms with Gasteiger partial charge in [0.1, 0.15) is 6.04 Å². The van der Waals surface area contributed by atoms with Gasteiger partial charge in [-0.3, -0.25) is 9.10 Å². The molecule has 5 nitrogen and oxygen atoms in total. The Labute approximate surface area is 170 Å². The van der Waals surface area contributed by atoms with Crippen LogP contribution in [0.1, 0.15) is 18.9 Å². The van der Waals surface area contributed by atoms with E-state index in [1.807, 2.05) is 30.3 Å². The molecule has 8 heteroatoms. The summed E-state index contributed by atoms with van der Waals surface area (Å²) < 4.78 is 25.9. The van der Waals surface area contributed by atoms with E-state index in [1.54, 1.807) is 13.0 Å². The van der Waals surface area contributed by atoms with Crippen LogP contribution in [0.15, 0.2) is 48.5 Å². The van der Waals surface area contributed by atoms with Crippen LogP contribution in [0.4, 0.5) is 5.69 Å². The van der Waals surface area contributed by atoms with Crippen molar-refractivity contribution in [1.82, 2.24) is 5.32 Å². The highest BCUT2D eigenvalue weighted by Crippen LogP contribution is 2.32. The molecule has 27 heavy (non-hydrogen) atoms. The summed E-state index contributed by atoms with van der Waals surface area (Å²) in [6.07, 6.45) is 1.98. The largest absolute Gasteiger partial charge is 0.354 e. The number of hydrogen-bond acceptors (Lipinski definition) is 3. The van der Waals surface area contributed by atoms with Crippen molar-refractivity contribution in [2.75, 3.05) is 17.1 Å². The minimum atomic E-state index is -3.76. The van der Waals surface area contributed by atoms with E-state index < -0.39 is 16.1 Å². The normalized spacial score (nSPS) is 12.4. The van der Waals surface area contributed by atoms with Crippen LogP contribution >= 0.6 is 23.2 Å². The molecule has 0 radical (unpaired) electrons. The molecule has 1 amide bonds. The Bertz CT molecular complexity index is 889. The van der Waals surface area contributed by atoms with Crippen molar-refractivity contribution in [3.05, 3.63) is 64.1 Å². The van der Waals surface area contributed by atoms with Gasteiger partial charge in [0.15, 0.2) is 0 Å². The lowest BCUT2D eigenvalue weighted by molar-refractivity contribution is -0.122. The number of rotatable bonds is 8. The Morgan fingerprint density at radius 2 is 1.81 bits per heavy atom. The van der Waals surface area contributed by atoms with Crippen molar-refractivity contribution in [1.29, 1.82) is 0 Å². The molecule has 0 saturated heterocycles. The molecule has 146 valence electrons. The quantitative estimate of drug-likeness (QED) is 0.692. The number of hydrogen-bond donors (Lipinski definition) is 1. The van der Waals surface area contributed by atoms with Gasteiger partial charge < -0.3 is 5.32 Å². The van der Waals surface area contributed by atoms with Crippen molar-refractivity contribution in [2.24, 2.45) is 0 Å². The standard InChI is InChI=1S/C19H22Cl2N2O3S/c1-3-17(19(24)22-12-11-14-7-5-4-6-8-14)23(27(2,25)26)18-13-15(20)9-10-16(18)21/h4-10,13,17H,3,11-12H2,1-2H3,(H,22,24). The third-order valence-electron chi connectivity index (χ3n) is 4.03. The molecule has 0 aliphatic rings. The minimum Gasteiger partial charge on any atom is -0.354 e. The highest BCUT2D eigenvalue weighted by Gasteiger charge is 2.32. The van der Waals surface area contributed by atoms with Crippen molar-refractivity contribution < 1.29 is 13.2 Å². The van der Waals surface area contributed by atoms with E-state index in [0.717, 1.165) is 16.1 Å². The molecule has 1 N–H and O–H groups in total. The van der Waals surface area contributed by atoms with Crippen LogP contribution in [0.2, 0.25) is 10.0 Å². The molecule has 0 spiro atoms. The third-order valence-corrected chi connectivity index (χ3v) is 5.75. The number of anilines is 1. The van der Waals surface area contributed by atoms with Gasteiger partial charge in [-0.2, -0.15) is 0 Å². The molecule has 1 atom stereocenters. The van der Waals surface area contributed by atoms with E-state index in [1.165, 1.54) is 12.1 Å². The fraction of sp³-hybridized carbons (Fsp3) is 0.316. The number of nitrogens with zero attached hydrogens (tertiary/aromatic N) is 1. The van der Waals surface area contributed by atoms with Crippen LogP contribution < -0.4 is 9.62 Å². The average molecular weight is 429 g/mol. The molecule has 2 aromatic carbocycles. The number of halogens is 2. The monoisotopic (exact) mass is 428 g/mol. The molecule has 2 rings (SSSR count). The molecular formula is C19H22Cl2N2O3S. The van der Waals surface area contributed by atoms with E-state index in [-0.39, 0.29) is 23.0 Å². The second-order valence-corrected chi connectivity index (χ2v) is 8.81. The molecular weight excluding hydrogens is 407 g/mol. The zero-order valence-corrected chi connectivity index (χ0v) is 17.5. The van der Waals surface area contributed by atoms with Crippen molar-refractivity contribution in [3.63, 3.8) is 0 Å². The first kappa shape index (κ1) is 21.5. The average Bonchev–Trinajstić information content (AvgIpc) is 2.61. The number of carbonyl (C=O) groups is 1. The summed E-state index contributed by atoms with van der Waals surface area (Å²) in [6, 6.07) is 13.3. The lowest BCUT2D eigenvalue weighted by atomic mass is 10.1. The topological polar surface area (TPSA) is 66.5 Å². The second kappa shape index (κ2) is 9.44. The Kier molecular flexibility index (Phi) is 7.53. The Balaban J connectivity index is 2.22. The summed E-state index contributed by atoms with van der Waals surface area (Å²) in [5, 5.41) is 3.36. The Morgan fingerprint density at radius 1 is 1.15 bits per heavy atom. The maximum absolute atomic E-state index is 12.7. The van der Waals surface area contributed by atoms with E-state index in [2.05, 4.69) is 5.32 Å². The van der Waals surface area contributed by atoms with Crippen LogP contribution in [0.3, 0.4) is 0 Å². The first-order chi connectivity index (χ1) is 12.7. The van der Waals surface area contributed by atoms with Crippen LogP contribution in [0.25, 0.3) is 0 Å². The van der Waals surface area contributed by atoms with Crippen molar-refractivity contribution >= 4 is 44.8 Å². The van der Waals surface area contributed by atoms with Gasteiger partial charge in [-0.25, -0.2) is 8.42 Å². The molecule has 0 aliphatic carbocycles. The van der Waals surface area contributed by atoms with Gasteiger partial charge >= 0.3 is 0 Å². The smallest absolute Gasteiger partial charge is 0.243 e. The Morgan fingerprint density at radius 3 is 2.41 bits per heavy atom.